The average molecular weight is 324 g/mol. The molecule has 1 heterocycles. The Labute approximate surface area is 131 Å². The van der Waals surface area contributed by atoms with E-state index in [0.717, 1.165) is 0 Å². The minimum absolute atomic E-state index is 0.0578. The molecule has 0 saturated carbocycles. The van der Waals surface area contributed by atoms with Crippen LogP contribution in [0, 0.1) is 5.82 Å². The molecule has 7 heteroatoms. The van der Waals surface area contributed by atoms with Gasteiger partial charge in [0.15, 0.2) is 4.80 Å². The number of thiazole rings is 1. The van der Waals surface area contributed by atoms with Crippen molar-refractivity contribution < 1.29 is 18.7 Å². The second-order valence-corrected chi connectivity index (χ2v) is 5.65. The van der Waals surface area contributed by atoms with E-state index in [1.54, 1.807) is 17.6 Å². The number of benzene rings is 1. The van der Waals surface area contributed by atoms with E-state index in [4.69, 9.17) is 4.74 Å². The number of rotatable bonds is 5. The lowest BCUT2D eigenvalue weighted by atomic mass is 10.3. The van der Waals surface area contributed by atoms with E-state index in [-0.39, 0.29) is 24.9 Å². The van der Waals surface area contributed by atoms with Gasteiger partial charge in [-0.05, 0) is 31.5 Å². The summed E-state index contributed by atoms with van der Waals surface area (Å²) in [4.78, 5) is 27.9. The van der Waals surface area contributed by atoms with Crippen molar-refractivity contribution in [2.45, 2.75) is 33.2 Å². The van der Waals surface area contributed by atoms with Gasteiger partial charge in [-0.2, -0.15) is 4.99 Å². The fourth-order valence-electron chi connectivity index (χ4n) is 2.00. The Morgan fingerprint density at radius 2 is 2.14 bits per heavy atom. The number of fused-ring (bicyclic) bond motifs is 1. The molecule has 118 valence electrons. The van der Waals surface area contributed by atoms with E-state index < -0.39 is 5.97 Å². The Kier molecular flexibility index (Phi) is 5.43. The Morgan fingerprint density at radius 3 is 2.82 bits per heavy atom. The summed E-state index contributed by atoms with van der Waals surface area (Å²) in [5, 5.41) is 0. The first-order valence-electron chi connectivity index (χ1n) is 7.07. The van der Waals surface area contributed by atoms with Crippen LogP contribution in [0.25, 0.3) is 10.2 Å². The lowest BCUT2D eigenvalue weighted by molar-refractivity contribution is -0.143. The molecule has 2 rings (SSSR count). The van der Waals surface area contributed by atoms with Gasteiger partial charge in [0.1, 0.15) is 12.4 Å². The second kappa shape index (κ2) is 7.31. The van der Waals surface area contributed by atoms with Crippen molar-refractivity contribution in [1.82, 2.24) is 4.57 Å². The van der Waals surface area contributed by atoms with Crippen LogP contribution in [-0.4, -0.2) is 23.1 Å². The zero-order chi connectivity index (χ0) is 16.1. The van der Waals surface area contributed by atoms with Crippen molar-refractivity contribution in [1.29, 1.82) is 0 Å². The number of esters is 1. The minimum atomic E-state index is -0.420. The second-order valence-electron chi connectivity index (χ2n) is 4.64. The van der Waals surface area contributed by atoms with Gasteiger partial charge in [-0.25, -0.2) is 4.39 Å². The molecule has 0 N–H and O–H groups in total. The van der Waals surface area contributed by atoms with Gasteiger partial charge < -0.3 is 9.30 Å². The van der Waals surface area contributed by atoms with Crippen molar-refractivity contribution in [2.75, 3.05) is 6.61 Å². The molecule has 1 amide bonds. The highest BCUT2D eigenvalue weighted by Crippen LogP contribution is 2.18. The molecule has 0 fully saturated rings. The number of hydrogen-bond donors (Lipinski definition) is 0. The van der Waals surface area contributed by atoms with Crippen molar-refractivity contribution in [3.05, 3.63) is 28.8 Å². The third-order valence-corrected chi connectivity index (χ3v) is 3.96. The van der Waals surface area contributed by atoms with Gasteiger partial charge in [-0.3, -0.25) is 9.59 Å². The quantitative estimate of drug-likeness (QED) is 0.794. The molecule has 0 radical (unpaired) electrons. The first kappa shape index (κ1) is 16.4. The Balaban J connectivity index is 2.53. The first-order valence-corrected chi connectivity index (χ1v) is 7.88. The molecule has 5 nitrogen and oxygen atoms in total. The molecule has 22 heavy (non-hydrogen) atoms. The molecule has 0 aliphatic heterocycles. The highest BCUT2D eigenvalue weighted by atomic mass is 32.1. The average Bonchev–Trinajstić information content (AvgIpc) is 2.76. The molecule has 0 unspecified atom stereocenters. The molecular weight excluding hydrogens is 307 g/mol. The number of aromatic nitrogens is 1. The number of halogens is 1. The maximum absolute atomic E-state index is 13.4. The summed E-state index contributed by atoms with van der Waals surface area (Å²) in [6, 6.07) is 4.25. The van der Waals surface area contributed by atoms with Crippen LogP contribution in [0.2, 0.25) is 0 Å². The molecular formula is C15H17FN2O3S. The number of ether oxygens (including phenoxy) is 1. The zero-order valence-electron chi connectivity index (χ0n) is 12.5. The number of carbonyl (C=O) groups is 2. The van der Waals surface area contributed by atoms with Gasteiger partial charge >= 0.3 is 5.97 Å². The molecule has 0 spiro atoms. The van der Waals surface area contributed by atoms with Crippen molar-refractivity contribution in [3.63, 3.8) is 0 Å². The summed E-state index contributed by atoms with van der Waals surface area (Å²) in [6.45, 7) is 3.83. The highest BCUT2D eigenvalue weighted by molar-refractivity contribution is 7.16. The molecule has 0 aliphatic rings. The third-order valence-electron chi connectivity index (χ3n) is 2.92. The topological polar surface area (TPSA) is 60.7 Å². The van der Waals surface area contributed by atoms with Gasteiger partial charge in [0.05, 0.1) is 16.8 Å². The monoisotopic (exact) mass is 324 g/mol. The van der Waals surface area contributed by atoms with Gasteiger partial charge in [0, 0.05) is 6.42 Å². The van der Waals surface area contributed by atoms with E-state index in [1.165, 1.54) is 23.5 Å². The van der Waals surface area contributed by atoms with E-state index in [0.29, 0.717) is 27.9 Å². The Morgan fingerprint density at radius 1 is 1.36 bits per heavy atom. The summed E-state index contributed by atoms with van der Waals surface area (Å²) in [5.41, 5.74) is 0.655. The zero-order valence-corrected chi connectivity index (χ0v) is 13.3. The van der Waals surface area contributed by atoms with Gasteiger partial charge in [-0.1, -0.05) is 18.3 Å². The standard InChI is InChI=1S/C15H17FN2O3S/c1-3-5-13(19)17-15-18(9-14(20)21-4-2)11-7-6-10(16)8-12(11)22-15/h6-8H,3-5,9H2,1-2H3. The predicted octanol–water partition coefficient (Wildman–Crippen LogP) is 2.63. The van der Waals surface area contributed by atoms with Crippen LogP contribution in [0.1, 0.15) is 26.7 Å². The molecule has 2 aromatic rings. The van der Waals surface area contributed by atoms with Crippen LogP contribution >= 0.6 is 11.3 Å². The predicted molar refractivity (Wildman–Crippen MR) is 81.9 cm³/mol. The summed E-state index contributed by atoms with van der Waals surface area (Å²) in [7, 11) is 0. The van der Waals surface area contributed by atoms with Crippen molar-refractivity contribution in [3.8, 4) is 0 Å². The van der Waals surface area contributed by atoms with Crippen LogP contribution in [-0.2, 0) is 20.9 Å². The van der Waals surface area contributed by atoms with E-state index >= 15 is 0 Å². The van der Waals surface area contributed by atoms with Crippen LogP contribution < -0.4 is 4.80 Å². The van der Waals surface area contributed by atoms with Crippen LogP contribution in [0.3, 0.4) is 0 Å². The van der Waals surface area contributed by atoms with Crippen LogP contribution in [0.15, 0.2) is 23.2 Å². The smallest absolute Gasteiger partial charge is 0.326 e. The Bertz CT molecular complexity index is 764. The summed E-state index contributed by atoms with van der Waals surface area (Å²) in [5.74, 6) is -1.05. The van der Waals surface area contributed by atoms with Crippen LogP contribution in [0.4, 0.5) is 4.39 Å². The van der Waals surface area contributed by atoms with Gasteiger partial charge in [0.2, 0.25) is 5.91 Å². The molecule has 0 aliphatic carbocycles. The first-order chi connectivity index (χ1) is 10.5. The molecule has 1 aromatic heterocycles. The van der Waals surface area contributed by atoms with Gasteiger partial charge in [-0.15, -0.1) is 0 Å². The number of hydrogen-bond acceptors (Lipinski definition) is 4. The normalized spacial score (nSPS) is 11.9. The number of carbonyl (C=O) groups excluding carboxylic acids is 2. The van der Waals surface area contributed by atoms with E-state index in [9.17, 15) is 14.0 Å². The number of nitrogens with zero attached hydrogens (tertiary/aromatic N) is 2. The SMILES string of the molecule is CCCC(=O)N=c1sc2cc(F)ccc2n1CC(=O)OCC. The number of amides is 1. The lowest BCUT2D eigenvalue weighted by Gasteiger charge is -2.04. The summed E-state index contributed by atoms with van der Waals surface area (Å²) < 4.78 is 20.5. The summed E-state index contributed by atoms with van der Waals surface area (Å²) >= 11 is 1.18. The molecule has 0 saturated heterocycles. The maximum Gasteiger partial charge on any atom is 0.326 e. The van der Waals surface area contributed by atoms with E-state index in [1.807, 2.05) is 6.92 Å². The lowest BCUT2D eigenvalue weighted by Crippen LogP contribution is -2.23. The largest absolute Gasteiger partial charge is 0.465 e. The fourth-order valence-corrected chi connectivity index (χ4v) is 3.07. The Hall–Kier alpha value is -2.02. The summed E-state index contributed by atoms with van der Waals surface area (Å²) in [6.07, 6.45) is 1.03. The maximum atomic E-state index is 13.4. The molecule has 0 bridgehead atoms. The fraction of sp³-hybridized carbons (Fsp3) is 0.400. The van der Waals surface area contributed by atoms with Crippen molar-refractivity contribution >= 4 is 33.4 Å². The van der Waals surface area contributed by atoms with Crippen LogP contribution in [0.5, 0.6) is 0 Å². The van der Waals surface area contributed by atoms with E-state index in [2.05, 4.69) is 4.99 Å². The molecule has 1 aromatic carbocycles. The van der Waals surface area contributed by atoms with Crippen molar-refractivity contribution in [2.24, 2.45) is 4.99 Å². The molecule has 0 atom stereocenters. The van der Waals surface area contributed by atoms with Gasteiger partial charge in [0.25, 0.3) is 0 Å². The highest BCUT2D eigenvalue weighted by Gasteiger charge is 2.12. The third kappa shape index (κ3) is 3.79. The minimum Gasteiger partial charge on any atom is -0.465 e.